The molecule has 0 radical (unpaired) electrons. The SMILES string of the molecule is CCN1CCN(c2ccc(CNC(=O)N3CCc4c(F)cccc43)cn2)CC1. The average Bonchev–Trinajstić information content (AvgIpc) is 3.18. The number of pyridine rings is 1. The molecule has 2 amide bonds. The second kappa shape index (κ2) is 8.14. The zero-order chi connectivity index (χ0) is 19.5. The van der Waals surface area contributed by atoms with Crippen LogP contribution in [0.4, 0.5) is 20.7 Å². The lowest BCUT2D eigenvalue weighted by atomic mass is 10.1. The smallest absolute Gasteiger partial charge is 0.322 e. The molecule has 6 nitrogen and oxygen atoms in total. The van der Waals surface area contributed by atoms with Crippen LogP contribution in [0.15, 0.2) is 36.5 Å². The Labute approximate surface area is 165 Å². The molecule has 28 heavy (non-hydrogen) atoms. The molecule has 1 fully saturated rings. The van der Waals surface area contributed by atoms with Crippen molar-refractivity contribution < 1.29 is 9.18 Å². The minimum atomic E-state index is -0.243. The molecule has 1 aromatic heterocycles. The lowest BCUT2D eigenvalue weighted by molar-refractivity contribution is 0.246. The van der Waals surface area contributed by atoms with Gasteiger partial charge in [-0.3, -0.25) is 4.90 Å². The number of carbonyl (C=O) groups is 1. The number of aromatic nitrogens is 1. The van der Waals surface area contributed by atoms with Crippen LogP contribution in [0.5, 0.6) is 0 Å². The van der Waals surface area contributed by atoms with E-state index in [2.05, 4.69) is 27.0 Å². The maximum atomic E-state index is 13.8. The fourth-order valence-corrected chi connectivity index (χ4v) is 3.88. The number of carbonyl (C=O) groups excluding carboxylic acids is 1. The molecule has 2 aliphatic heterocycles. The lowest BCUT2D eigenvalue weighted by Crippen LogP contribution is -2.46. The molecule has 148 valence electrons. The molecule has 0 saturated carbocycles. The summed E-state index contributed by atoms with van der Waals surface area (Å²) in [6.07, 6.45) is 2.37. The van der Waals surface area contributed by atoms with E-state index in [9.17, 15) is 9.18 Å². The highest BCUT2D eigenvalue weighted by Crippen LogP contribution is 2.29. The summed E-state index contributed by atoms with van der Waals surface area (Å²) in [7, 11) is 0. The summed E-state index contributed by atoms with van der Waals surface area (Å²) < 4.78 is 13.8. The van der Waals surface area contributed by atoms with Gasteiger partial charge < -0.3 is 15.1 Å². The average molecular weight is 383 g/mol. The predicted octanol–water partition coefficient (Wildman–Crippen LogP) is 2.63. The van der Waals surface area contributed by atoms with E-state index >= 15 is 0 Å². The van der Waals surface area contributed by atoms with Crippen LogP contribution in [0.25, 0.3) is 0 Å². The van der Waals surface area contributed by atoms with E-state index in [1.165, 1.54) is 6.07 Å². The lowest BCUT2D eigenvalue weighted by Gasteiger charge is -2.34. The van der Waals surface area contributed by atoms with Crippen LogP contribution >= 0.6 is 0 Å². The fraction of sp³-hybridized carbons (Fsp3) is 0.429. The zero-order valence-electron chi connectivity index (χ0n) is 16.2. The Morgan fingerprint density at radius 1 is 1.14 bits per heavy atom. The Morgan fingerprint density at radius 2 is 1.96 bits per heavy atom. The number of hydrogen-bond acceptors (Lipinski definition) is 4. The molecule has 0 unspecified atom stereocenters. The Balaban J connectivity index is 1.32. The van der Waals surface area contributed by atoms with Gasteiger partial charge in [-0.15, -0.1) is 0 Å². The first-order valence-electron chi connectivity index (χ1n) is 9.90. The number of fused-ring (bicyclic) bond motifs is 1. The second-order valence-electron chi connectivity index (χ2n) is 7.24. The van der Waals surface area contributed by atoms with Crippen molar-refractivity contribution in [1.29, 1.82) is 0 Å². The van der Waals surface area contributed by atoms with Crippen molar-refractivity contribution in [3.63, 3.8) is 0 Å². The first-order chi connectivity index (χ1) is 13.7. The molecule has 0 aliphatic carbocycles. The van der Waals surface area contributed by atoms with Crippen LogP contribution in [-0.2, 0) is 13.0 Å². The Bertz CT molecular complexity index is 833. The number of hydrogen-bond donors (Lipinski definition) is 1. The van der Waals surface area contributed by atoms with Crippen LogP contribution in [0.3, 0.4) is 0 Å². The predicted molar refractivity (Wildman–Crippen MR) is 108 cm³/mol. The van der Waals surface area contributed by atoms with E-state index in [0.29, 0.717) is 30.8 Å². The summed E-state index contributed by atoms with van der Waals surface area (Å²) >= 11 is 0. The van der Waals surface area contributed by atoms with Gasteiger partial charge in [-0.05, 0) is 36.7 Å². The van der Waals surface area contributed by atoms with Gasteiger partial charge in [-0.2, -0.15) is 0 Å². The van der Waals surface area contributed by atoms with Crippen LogP contribution in [0, 0.1) is 5.82 Å². The van der Waals surface area contributed by atoms with Gasteiger partial charge in [0.25, 0.3) is 0 Å². The van der Waals surface area contributed by atoms with E-state index in [4.69, 9.17) is 0 Å². The third-order valence-corrected chi connectivity index (χ3v) is 5.61. The van der Waals surface area contributed by atoms with Crippen molar-refractivity contribution in [2.75, 3.05) is 49.1 Å². The van der Waals surface area contributed by atoms with Crippen LogP contribution in [0.2, 0.25) is 0 Å². The molecule has 1 saturated heterocycles. The number of piperazine rings is 1. The van der Waals surface area contributed by atoms with Gasteiger partial charge in [-0.25, -0.2) is 14.2 Å². The largest absolute Gasteiger partial charge is 0.354 e. The zero-order valence-corrected chi connectivity index (χ0v) is 16.2. The number of nitrogens with one attached hydrogen (secondary N) is 1. The highest BCUT2D eigenvalue weighted by atomic mass is 19.1. The molecule has 0 atom stereocenters. The van der Waals surface area contributed by atoms with E-state index in [-0.39, 0.29) is 11.8 Å². The number of amides is 2. The summed E-state index contributed by atoms with van der Waals surface area (Å²) in [5, 5.41) is 2.92. The normalized spacial score (nSPS) is 16.9. The maximum absolute atomic E-state index is 13.8. The summed E-state index contributed by atoms with van der Waals surface area (Å²) in [5.74, 6) is 0.738. The van der Waals surface area contributed by atoms with Gasteiger partial charge in [0, 0.05) is 51.0 Å². The fourth-order valence-electron chi connectivity index (χ4n) is 3.88. The third-order valence-electron chi connectivity index (χ3n) is 5.61. The Kier molecular flexibility index (Phi) is 5.43. The molecule has 4 rings (SSSR count). The van der Waals surface area contributed by atoms with Crippen LogP contribution in [-0.4, -0.2) is 55.2 Å². The van der Waals surface area contributed by atoms with E-state index in [1.54, 1.807) is 17.0 Å². The number of urea groups is 1. The molecule has 1 N–H and O–H groups in total. The molecule has 7 heteroatoms. The second-order valence-corrected chi connectivity index (χ2v) is 7.24. The number of halogens is 1. The summed E-state index contributed by atoms with van der Waals surface area (Å²) in [6.45, 7) is 8.29. The number of nitrogens with zero attached hydrogens (tertiary/aromatic N) is 4. The highest BCUT2D eigenvalue weighted by Gasteiger charge is 2.26. The quantitative estimate of drug-likeness (QED) is 0.882. The Morgan fingerprint density at radius 3 is 2.68 bits per heavy atom. The third kappa shape index (κ3) is 3.80. The number of benzene rings is 1. The van der Waals surface area contributed by atoms with Gasteiger partial charge >= 0.3 is 6.03 Å². The van der Waals surface area contributed by atoms with Gasteiger partial charge in [0.05, 0.1) is 5.69 Å². The number of anilines is 2. The minimum Gasteiger partial charge on any atom is -0.354 e. The summed E-state index contributed by atoms with van der Waals surface area (Å²) in [5.41, 5.74) is 2.23. The topological polar surface area (TPSA) is 51.7 Å². The van der Waals surface area contributed by atoms with Crippen molar-refractivity contribution in [2.24, 2.45) is 0 Å². The van der Waals surface area contributed by atoms with Gasteiger partial charge in [0.15, 0.2) is 0 Å². The highest BCUT2D eigenvalue weighted by molar-refractivity contribution is 5.94. The van der Waals surface area contributed by atoms with E-state index in [1.807, 2.05) is 18.3 Å². The molecule has 2 aliphatic rings. The van der Waals surface area contributed by atoms with Crippen LogP contribution in [0.1, 0.15) is 18.1 Å². The van der Waals surface area contributed by atoms with Gasteiger partial charge in [-0.1, -0.05) is 19.1 Å². The Hall–Kier alpha value is -2.67. The first kappa shape index (κ1) is 18.7. The van der Waals surface area contributed by atoms with Gasteiger partial charge in [0.2, 0.25) is 0 Å². The van der Waals surface area contributed by atoms with E-state index < -0.39 is 0 Å². The number of likely N-dealkylation sites (N-methyl/N-ethyl adjacent to an activating group) is 1. The van der Waals surface area contributed by atoms with Crippen molar-refractivity contribution in [3.05, 3.63) is 53.5 Å². The van der Waals surface area contributed by atoms with Crippen LogP contribution < -0.4 is 15.1 Å². The molecule has 3 heterocycles. The monoisotopic (exact) mass is 383 g/mol. The molecule has 1 aromatic carbocycles. The molecule has 0 spiro atoms. The van der Waals surface area contributed by atoms with Crippen molar-refractivity contribution in [3.8, 4) is 0 Å². The standard InChI is InChI=1S/C21H26FN5O/c1-2-25-10-12-26(13-11-25)20-7-6-16(14-23-20)15-24-21(28)27-9-8-17-18(22)4-3-5-19(17)27/h3-7,14H,2,8-13,15H2,1H3,(H,24,28). The van der Waals surface area contributed by atoms with Crippen molar-refractivity contribution >= 4 is 17.5 Å². The summed E-state index contributed by atoms with van der Waals surface area (Å²) in [6, 6.07) is 8.69. The molecular formula is C21H26FN5O. The van der Waals surface area contributed by atoms with E-state index in [0.717, 1.165) is 44.1 Å². The van der Waals surface area contributed by atoms with Crippen molar-refractivity contribution in [2.45, 2.75) is 19.9 Å². The number of rotatable bonds is 4. The molecule has 0 bridgehead atoms. The molecular weight excluding hydrogens is 357 g/mol. The van der Waals surface area contributed by atoms with Crippen molar-refractivity contribution in [1.82, 2.24) is 15.2 Å². The maximum Gasteiger partial charge on any atom is 0.322 e. The molecule has 2 aromatic rings. The summed E-state index contributed by atoms with van der Waals surface area (Å²) in [4.78, 5) is 23.4. The van der Waals surface area contributed by atoms with Gasteiger partial charge in [0.1, 0.15) is 11.6 Å². The minimum absolute atomic E-state index is 0.205. The first-order valence-corrected chi connectivity index (χ1v) is 9.90.